The van der Waals surface area contributed by atoms with Gasteiger partial charge in [-0.25, -0.2) is 0 Å². The number of amides is 1. The number of carbonyl (C=O) groups is 1. The Kier molecular flexibility index (Phi) is 6.86. The van der Waals surface area contributed by atoms with Gasteiger partial charge < -0.3 is 20.5 Å². The summed E-state index contributed by atoms with van der Waals surface area (Å²) in [5, 5.41) is 2.97. The van der Waals surface area contributed by atoms with Crippen LogP contribution in [0.15, 0.2) is 48.5 Å². The lowest BCUT2D eigenvalue weighted by atomic mass is 9.86. The van der Waals surface area contributed by atoms with E-state index in [1.54, 1.807) is 7.11 Å². The van der Waals surface area contributed by atoms with Crippen LogP contribution in [0.2, 0.25) is 0 Å². The number of nitrogens with two attached hydrogens (primary N) is 1. The van der Waals surface area contributed by atoms with Crippen molar-refractivity contribution >= 4 is 5.91 Å². The van der Waals surface area contributed by atoms with Crippen molar-refractivity contribution in [3.8, 4) is 11.5 Å². The van der Waals surface area contributed by atoms with Crippen molar-refractivity contribution in [2.24, 2.45) is 11.1 Å². The molecule has 0 saturated heterocycles. The topological polar surface area (TPSA) is 73.6 Å². The molecule has 2 rings (SSSR count). The highest BCUT2D eigenvalue weighted by atomic mass is 16.5. The zero-order chi connectivity index (χ0) is 20.0. The second kappa shape index (κ2) is 8.91. The fourth-order valence-electron chi connectivity index (χ4n) is 2.59. The van der Waals surface area contributed by atoms with Crippen LogP contribution in [0.3, 0.4) is 0 Å². The number of nitrogens with one attached hydrogen (secondary N) is 1. The molecule has 5 heteroatoms. The Hall–Kier alpha value is -2.53. The molecule has 1 unspecified atom stereocenters. The summed E-state index contributed by atoms with van der Waals surface area (Å²) in [7, 11) is 1.60. The minimum atomic E-state index is -0.574. The Balaban J connectivity index is 2.07. The first-order chi connectivity index (χ1) is 12.7. The molecule has 0 heterocycles. The molecule has 2 aromatic carbocycles. The summed E-state index contributed by atoms with van der Waals surface area (Å²) in [5.74, 6) is 1.12. The molecule has 0 radical (unpaired) electrons. The van der Waals surface area contributed by atoms with E-state index in [1.165, 1.54) is 0 Å². The second-order valence-electron chi connectivity index (χ2n) is 7.76. The quantitative estimate of drug-likeness (QED) is 0.777. The van der Waals surface area contributed by atoms with Crippen LogP contribution in [0.1, 0.15) is 44.9 Å². The van der Waals surface area contributed by atoms with Gasteiger partial charge >= 0.3 is 0 Å². The van der Waals surface area contributed by atoms with Crippen molar-refractivity contribution < 1.29 is 14.3 Å². The van der Waals surface area contributed by atoms with Gasteiger partial charge in [0.25, 0.3) is 0 Å². The van der Waals surface area contributed by atoms with Gasteiger partial charge in [0.15, 0.2) is 11.5 Å². The van der Waals surface area contributed by atoms with E-state index in [0.29, 0.717) is 18.1 Å². The maximum absolute atomic E-state index is 12.4. The third kappa shape index (κ3) is 5.73. The van der Waals surface area contributed by atoms with Crippen molar-refractivity contribution in [1.29, 1.82) is 0 Å². The molecule has 0 aliphatic rings. The van der Waals surface area contributed by atoms with Crippen molar-refractivity contribution in [2.45, 2.75) is 46.4 Å². The highest BCUT2D eigenvalue weighted by Crippen LogP contribution is 2.31. The molecule has 146 valence electrons. The fourth-order valence-corrected chi connectivity index (χ4v) is 2.59. The van der Waals surface area contributed by atoms with Crippen LogP contribution in [0.25, 0.3) is 0 Å². The molecule has 5 nitrogen and oxygen atoms in total. The summed E-state index contributed by atoms with van der Waals surface area (Å²) in [6.07, 6.45) is 0. The molecule has 0 aromatic heterocycles. The Morgan fingerprint density at radius 1 is 1.11 bits per heavy atom. The van der Waals surface area contributed by atoms with E-state index >= 15 is 0 Å². The Labute approximate surface area is 161 Å². The molecule has 0 spiro atoms. The molecular formula is C22H30N2O3. The van der Waals surface area contributed by atoms with Crippen LogP contribution in [-0.2, 0) is 11.4 Å². The van der Waals surface area contributed by atoms with Gasteiger partial charge in [-0.15, -0.1) is 0 Å². The van der Waals surface area contributed by atoms with Crippen molar-refractivity contribution in [1.82, 2.24) is 5.32 Å². The summed E-state index contributed by atoms with van der Waals surface area (Å²) in [6, 6.07) is 14.9. The van der Waals surface area contributed by atoms with Gasteiger partial charge in [-0.05, 0) is 35.6 Å². The van der Waals surface area contributed by atoms with Crippen LogP contribution in [0, 0.1) is 5.41 Å². The van der Waals surface area contributed by atoms with Gasteiger partial charge in [-0.2, -0.15) is 0 Å². The average molecular weight is 370 g/mol. The summed E-state index contributed by atoms with van der Waals surface area (Å²) in [4.78, 5) is 12.4. The van der Waals surface area contributed by atoms with E-state index in [2.05, 4.69) is 5.32 Å². The van der Waals surface area contributed by atoms with E-state index in [0.717, 1.165) is 11.1 Å². The molecule has 2 atom stereocenters. The largest absolute Gasteiger partial charge is 0.493 e. The van der Waals surface area contributed by atoms with Gasteiger partial charge in [-0.3, -0.25) is 4.79 Å². The average Bonchev–Trinajstić information content (AvgIpc) is 2.65. The third-order valence-electron chi connectivity index (χ3n) is 4.50. The number of ether oxygens (including phenoxy) is 2. The minimum absolute atomic E-state index is 0.168. The minimum Gasteiger partial charge on any atom is -0.493 e. The van der Waals surface area contributed by atoms with E-state index in [-0.39, 0.29) is 17.4 Å². The summed E-state index contributed by atoms with van der Waals surface area (Å²) >= 11 is 0. The number of benzene rings is 2. The van der Waals surface area contributed by atoms with E-state index in [9.17, 15) is 4.79 Å². The van der Waals surface area contributed by atoms with Crippen LogP contribution >= 0.6 is 0 Å². The lowest BCUT2D eigenvalue weighted by molar-refractivity contribution is -0.125. The molecule has 27 heavy (non-hydrogen) atoms. The fraction of sp³-hybridized carbons (Fsp3) is 0.409. The Bertz CT molecular complexity index is 754. The van der Waals surface area contributed by atoms with Crippen molar-refractivity contribution in [2.75, 3.05) is 7.11 Å². The highest BCUT2D eigenvalue weighted by molar-refractivity contribution is 5.82. The van der Waals surface area contributed by atoms with Gasteiger partial charge in [0, 0.05) is 0 Å². The number of rotatable bonds is 7. The van der Waals surface area contributed by atoms with Crippen LogP contribution < -0.4 is 20.5 Å². The smallest absolute Gasteiger partial charge is 0.237 e. The predicted molar refractivity (Wildman–Crippen MR) is 108 cm³/mol. The number of carbonyl (C=O) groups excluding carboxylic acids is 1. The first-order valence-corrected chi connectivity index (χ1v) is 9.13. The summed E-state index contributed by atoms with van der Waals surface area (Å²) < 4.78 is 11.3. The van der Waals surface area contributed by atoms with Crippen molar-refractivity contribution in [3.05, 3.63) is 59.7 Å². The number of hydrogen-bond donors (Lipinski definition) is 2. The van der Waals surface area contributed by atoms with Crippen LogP contribution in [-0.4, -0.2) is 19.1 Å². The number of hydrogen-bond acceptors (Lipinski definition) is 4. The van der Waals surface area contributed by atoms with E-state index in [1.807, 2.05) is 76.2 Å². The maximum Gasteiger partial charge on any atom is 0.237 e. The Morgan fingerprint density at radius 2 is 1.78 bits per heavy atom. The highest BCUT2D eigenvalue weighted by Gasteiger charge is 2.28. The van der Waals surface area contributed by atoms with Gasteiger partial charge in [0.2, 0.25) is 5.91 Å². The maximum atomic E-state index is 12.4. The molecule has 0 saturated carbocycles. The van der Waals surface area contributed by atoms with Gasteiger partial charge in [0.05, 0.1) is 19.2 Å². The van der Waals surface area contributed by atoms with Crippen LogP contribution in [0.5, 0.6) is 11.5 Å². The molecule has 0 aliphatic carbocycles. The lowest BCUT2D eigenvalue weighted by Gasteiger charge is -2.27. The third-order valence-corrected chi connectivity index (χ3v) is 4.50. The standard InChI is InChI=1S/C22H30N2O3/c1-15(24-21(25)20(23)22(2,3)4)17-11-12-18(19(13-17)26-5)27-14-16-9-7-6-8-10-16/h6-13,15,20H,14,23H2,1-5H3,(H,24,25)/t15?,20-/m1/s1. The first-order valence-electron chi connectivity index (χ1n) is 9.13. The molecule has 0 fully saturated rings. The van der Waals surface area contributed by atoms with E-state index in [4.69, 9.17) is 15.2 Å². The monoisotopic (exact) mass is 370 g/mol. The number of methoxy groups -OCH3 is 1. The normalized spacial score (nSPS) is 13.6. The molecule has 0 bridgehead atoms. The zero-order valence-corrected chi connectivity index (χ0v) is 16.8. The van der Waals surface area contributed by atoms with E-state index < -0.39 is 6.04 Å². The van der Waals surface area contributed by atoms with Gasteiger partial charge in [-0.1, -0.05) is 57.2 Å². The molecule has 2 aromatic rings. The van der Waals surface area contributed by atoms with Gasteiger partial charge in [0.1, 0.15) is 6.61 Å². The first kappa shape index (κ1) is 20.8. The predicted octanol–water partition coefficient (Wildman–Crippen LogP) is 3.82. The van der Waals surface area contributed by atoms with Crippen molar-refractivity contribution in [3.63, 3.8) is 0 Å². The summed E-state index contributed by atoms with van der Waals surface area (Å²) in [6.45, 7) is 8.23. The molecule has 3 N–H and O–H groups in total. The Morgan fingerprint density at radius 3 is 2.37 bits per heavy atom. The van der Waals surface area contributed by atoms with Crippen LogP contribution in [0.4, 0.5) is 0 Å². The zero-order valence-electron chi connectivity index (χ0n) is 16.8. The molecule has 1 amide bonds. The molecule has 0 aliphatic heterocycles. The molecular weight excluding hydrogens is 340 g/mol. The SMILES string of the molecule is COc1cc(C(C)NC(=O)[C@@H](N)C(C)(C)C)ccc1OCc1ccccc1. The lowest BCUT2D eigenvalue weighted by Crippen LogP contribution is -2.49. The second-order valence-corrected chi connectivity index (χ2v) is 7.76. The summed E-state index contributed by atoms with van der Waals surface area (Å²) in [5.41, 5.74) is 7.75.